The van der Waals surface area contributed by atoms with E-state index in [-0.39, 0.29) is 29.7 Å². The molecule has 4 rings (SSSR count). The van der Waals surface area contributed by atoms with Gasteiger partial charge < -0.3 is 20.7 Å². The molecule has 3 aromatic rings. The number of hydrogen-bond acceptors (Lipinski definition) is 9. The van der Waals surface area contributed by atoms with Crippen LogP contribution in [-0.2, 0) is 6.54 Å². The molecule has 1 saturated carbocycles. The SMILES string of the molecule is [2H]C([2H])([2H])NC(=O)c1nnc(C(=O)NC2CC2)cc1Nc1cccc(-c2ncn(CC#N)n2)c1OC. The number of benzene rings is 1. The number of carbonyl (C=O) groups is 2. The average Bonchev–Trinajstić information content (AvgIpc) is 3.52. The molecule has 2 aromatic heterocycles. The number of hydrogen-bond donors (Lipinski definition) is 3. The maximum atomic E-state index is 12.7. The van der Waals surface area contributed by atoms with Crippen molar-refractivity contribution in [2.24, 2.45) is 0 Å². The van der Waals surface area contributed by atoms with Gasteiger partial charge in [-0.3, -0.25) is 9.59 Å². The second-order valence-corrected chi connectivity index (χ2v) is 7.13. The van der Waals surface area contributed by atoms with E-state index in [0.29, 0.717) is 22.8 Å². The molecule has 1 aliphatic carbocycles. The number of nitrogens with zero attached hydrogens (tertiary/aromatic N) is 6. The molecular weight excluding hydrogens is 426 g/mol. The average molecular weight is 450 g/mol. The van der Waals surface area contributed by atoms with Gasteiger partial charge in [0.15, 0.2) is 23.0 Å². The van der Waals surface area contributed by atoms with Crippen molar-refractivity contribution < 1.29 is 18.4 Å². The van der Waals surface area contributed by atoms with Gasteiger partial charge in [-0.05, 0) is 31.0 Å². The van der Waals surface area contributed by atoms with E-state index in [9.17, 15) is 9.59 Å². The van der Waals surface area contributed by atoms with Gasteiger partial charge in [0.25, 0.3) is 11.8 Å². The van der Waals surface area contributed by atoms with Crippen LogP contribution in [0.2, 0.25) is 0 Å². The minimum atomic E-state index is -2.76. The minimum Gasteiger partial charge on any atom is -0.494 e. The fourth-order valence-corrected chi connectivity index (χ4v) is 3.06. The van der Waals surface area contributed by atoms with Crippen LogP contribution in [0, 0.1) is 11.3 Å². The monoisotopic (exact) mass is 450 g/mol. The number of para-hydroxylation sites is 1. The molecule has 0 saturated heterocycles. The number of nitrogens with one attached hydrogen (secondary N) is 3. The molecular formula is C21H21N9O3. The van der Waals surface area contributed by atoms with Gasteiger partial charge in [-0.2, -0.15) is 5.26 Å². The van der Waals surface area contributed by atoms with Gasteiger partial charge in [-0.15, -0.1) is 15.3 Å². The van der Waals surface area contributed by atoms with Crippen LogP contribution in [0.15, 0.2) is 30.6 Å². The van der Waals surface area contributed by atoms with Crippen molar-refractivity contribution in [1.82, 2.24) is 35.6 Å². The normalized spacial score (nSPS) is 14.2. The maximum Gasteiger partial charge on any atom is 0.273 e. The van der Waals surface area contributed by atoms with Crippen LogP contribution in [0.4, 0.5) is 11.4 Å². The summed E-state index contributed by atoms with van der Waals surface area (Å²) < 4.78 is 28.9. The molecule has 33 heavy (non-hydrogen) atoms. The maximum absolute atomic E-state index is 12.7. The van der Waals surface area contributed by atoms with Crippen LogP contribution in [0.25, 0.3) is 11.4 Å². The Morgan fingerprint density at radius 3 is 2.88 bits per heavy atom. The summed E-state index contributed by atoms with van der Waals surface area (Å²) in [6.07, 6.45) is 3.14. The fourth-order valence-electron chi connectivity index (χ4n) is 3.06. The van der Waals surface area contributed by atoms with Crippen LogP contribution >= 0.6 is 0 Å². The van der Waals surface area contributed by atoms with E-state index >= 15 is 0 Å². The first-order valence-corrected chi connectivity index (χ1v) is 9.90. The van der Waals surface area contributed by atoms with E-state index in [0.717, 1.165) is 12.8 Å². The number of ether oxygens (including phenoxy) is 1. The molecule has 1 aliphatic rings. The van der Waals surface area contributed by atoms with Gasteiger partial charge in [0.1, 0.15) is 12.9 Å². The van der Waals surface area contributed by atoms with Gasteiger partial charge in [0.05, 0.1) is 30.1 Å². The highest BCUT2D eigenvalue weighted by Gasteiger charge is 2.26. The first-order valence-electron chi connectivity index (χ1n) is 11.4. The zero-order valence-corrected chi connectivity index (χ0v) is 17.5. The summed E-state index contributed by atoms with van der Waals surface area (Å²) in [4.78, 5) is 29.4. The molecule has 0 aliphatic heterocycles. The number of rotatable bonds is 8. The molecule has 2 amide bonds. The molecule has 1 aromatic carbocycles. The van der Waals surface area contributed by atoms with E-state index in [1.54, 1.807) is 18.2 Å². The molecule has 0 unspecified atom stereocenters. The van der Waals surface area contributed by atoms with Gasteiger partial charge >= 0.3 is 0 Å². The number of amides is 2. The number of anilines is 2. The lowest BCUT2D eigenvalue weighted by atomic mass is 10.1. The number of nitriles is 1. The smallest absolute Gasteiger partial charge is 0.273 e. The number of methoxy groups -OCH3 is 1. The van der Waals surface area contributed by atoms with Crippen molar-refractivity contribution in [2.75, 3.05) is 19.4 Å². The molecule has 12 nitrogen and oxygen atoms in total. The molecule has 12 heteroatoms. The zero-order valence-electron chi connectivity index (χ0n) is 20.5. The van der Waals surface area contributed by atoms with Crippen molar-refractivity contribution in [1.29, 1.82) is 5.26 Å². The highest BCUT2D eigenvalue weighted by Crippen LogP contribution is 2.37. The van der Waals surface area contributed by atoms with Gasteiger partial charge in [-0.25, -0.2) is 9.67 Å². The Morgan fingerprint density at radius 2 is 2.15 bits per heavy atom. The van der Waals surface area contributed by atoms with Crippen molar-refractivity contribution in [3.05, 3.63) is 42.0 Å². The van der Waals surface area contributed by atoms with Crippen molar-refractivity contribution in [2.45, 2.75) is 25.4 Å². The van der Waals surface area contributed by atoms with Crippen LogP contribution < -0.4 is 20.7 Å². The standard InChI is InChI=1S/C21H21N9O3/c1-23-21(32)17-15(10-16(27-28-17)20(31)25-12-6-7-12)26-14-5-3-4-13(18(14)33-2)19-24-11-30(29-19)9-8-22/h3-5,10-12H,6-7,9H2,1-2H3,(H,23,32)(H,25,31)(H,26,27)/i1D3. The third-order valence-electron chi connectivity index (χ3n) is 4.77. The quantitative estimate of drug-likeness (QED) is 0.459. The van der Waals surface area contributed by atoms with Crippen LogP contribution in [0.1, 0.15) is 37.9 Å². The van der Waals surface area contributed by atoms with Crippen LogP contribution in [0.3, 0.4) is 0 Å². The molecule has 0 atom stereocenters. The predicted octanol–water partition coefficient (Wildman–Crippen LogP) is 1.26. The summed E-state index contributed by atoms with van der Waals surface area (Å²) in [6, 6.07) is 8.39. The summed E-state index contributed by atoms with van der Waals surface area (Å²) in [5.74, 6) is -0.881. The topological polar surface area (TPSA) is 160 Å². The van der Waals surface area contributed by atoms with Gasteiger partial charge in [0, 0.05) is 17.1 Å². The lowest BCUT2D eigenvalue weighted by molar-refractivity contribution is 0.0935. The molecule has 0 bridgehead atoms. The Bertz CT molecular complexity index is 1350. The fraction of sp³-hybridized carbons (Fsp3) is 0.286. The third-order valence-corrected chi connectivity index (χ3v) is 4.77. The molecule has 3 N–H and O–H groups in total. The highest BCUT2D eigenvalue weighted by atomic mass is 16.5. The third kappa shape index (κ3) is 4.72. The lowest BCUT2D eigenvalue weighted by Gasteiger charge is -2.16. The van der Waals surface area contributed by atoms with E-state index in [1.165, 1.54) is 24.2 Å². The van der Waals surface area contributed by atoms with E-state index in [1.807, 2.05) is 11.4 Å². The second kappa shape index (κ2) is 9.31. The van der Waals surface area contributed by atoms with Crippen molar-refractivity contribution in [3.8, 4) is 23.2 Å². The number of aromatic nitrogens is 5. The summed E-state index contributed by atoms with van der Waals surface area (Å²) >= 11 is 0. The second-order valence-electron chi connectivity index (χ2n) is 7.13. The van der Waals surface area contributed by atoms with Gasteiger partial charge in [0.2, 0.25) is 0 Å². The Balaban J connectivity index is 1.73. The van der Waals surface area contributed by atoms with E-state index in [4.69, 9.17) is 14.1 Å². The van der Waals surface area contributed by atoms with Crippen LogP contribution in [-0.4, -0.2) is 56.9 Å². The zero-order chi connectivity index (χ0) is 25.9. The largest absolute Gasteiger partial charge is 0.494 e. The minimum absolute atomic E-state index is 0.0175. The number of carbonyl (C=O) groups excluding carboxylic acids is 2. The summed E-state index contributed by atoms with van der Waals surface area (Å²) in [6.45, 7) is -2.74. The lowest BCUT2D eigenvalue weighted by Crippen LogP contribution is -2.28. The van der Waals surface area contributed by atoms with E-state index < -0.39 is 18.8 Å². The molecule has 1 fully saturated rings. The van der Waals surface area contributed by atoms with E-state index in [2.05, 4.69) is 30.9 Å². The Hall–Kier alpha value is -4.53. The first kappa shape index (κ1) is 18.1. The van der Waals surface area contributed by atoms with Crippen molar-refractivity contribution in [3.63, 3.8) is 0 Å². The molecule has 2 heterocycles. The summed E-state index contributed by atoms with van der Waals surface area (Å²) in [5, 5.41) is 28.4. The Kier molecular flexibility index (Phi) is 5.10. The Labute approximate surface area is 193 Å². The predicted molar refractivity (Wildman–Crippen MR) is 117 cm³/mol. The molecule has 168 valence electrons. The van der Waals surface area contributed by atoms with Crippen molar-refractivity contribution >= 4 is 23.2 Å². The highest BCUT2D eigenvalue weighted by molar-refractivity contribution is 6.00. The molecule has 0 radical (unpaired) electrons. The van der Waals surface area contributed by atoms with Gasteiger partial charge in [-0.1, -0.05) is 6.07 Å². The summed E-state index contributed by atoms with van der Waals surface area (Å²) in [7, 11) is 1.43. The van der Waals surface area contributed by atoms with Crippen LogP contribution in [0.5, 0.6) is 5.75 Å². The summed E-state index contributed by atoms with van der Waals surface area (Å²) in [5.41, 5.74) is 0.489. The first-order chi connectivity index (χ1) is 17.2. The Morgan fingerprint density at radius 1 is 1.30 bits per heavy atom. The molecule has 0 spiro atoms.